The van der Waals surface area contributed by atoms with Crippen molar-refractivity contribution >= 4 is 5.69 Å². The van der Waals surface area contributed by atoms with Crippen LogP contribution in [0.5, 0.6) is 5.75 Å². The summed E-state index contributed by atoms with van der Waals surface area (Å²) >= 11 is 0. The Bertz CT molecular complexity index is 585. The summed E-state index contributed by atoms with van der Waals surface area (Å²) in [7, 11) is 2.85. The Morgan fingerprint density at radius 3 is 2.47 bits per heavy atom. The molecule has 0 aliphatic carbocycles. The lowest BCUT2D eigenvalue weighted by Crippen LogP contribution is -2.09. The van der Waals surface area contributed by atoms with E-state index >= 15 is 0 Å². The van der Waals surface area contributed by atoms with Crippen molar-refractivity contribution in [1.29, 1.82) is 0 Å². The van der Waals surface area contributed by atoms with E-state index in [0.29, 0.717) is 0 Å². The second-order valence-corrected chi connectivity index (χ2v) is 3.98. The van der Waals surface area contributed by atoms with Gasteiger partial charge in [0, 0.05) is 12.6 Å². The molecule has 2 N–H and O–H groups in total. The van der Waals surface area contributed by atoms with E-state index in [0.717, 1.165) is 6.07 Å². The summed E-state index contributed by atoms with van der Waals surface area (Å²) in [6.07, 6.45) is -3.18. The maximum absolute atomic E-state index is 13.1. The van der Waals surface area contributed by atoms with Gasteiger partial charge in [-0.05, 0) is 18.2 Å². The number of nitrogens with zero attached hydrogens (tertiary/aromatic N) is 2. The number of hydrogen-bond donors (Lipinski definition) is 1. The average Bonchev–Trinajstić information content (AvgIpc) is 2.67. The summed E-state index contributed by atoms with van der Waals surface area (Å²) in [5.41, 5.74) is 5.27. The van der Waals surface area contributed by atoms with Crippen molar-refractivity contribution < 1.29 is 17.9 Å². The molecule has 0 bridgehead atoms. The Balaban J connectivity index is 2.70. The molecule has 0 radical (unpaired) electrons. The van der Waals surface area contributed by atoms with Crippen molar-refractivity contribution in [3.8, 4) is 17.0 Å². The average molecular weight is 271 g/mol. The number of rotatable bonds is 2. The van der Waals surface area contributed by atoms with Gasteiger partial charge >= 0.3 is 6.18 Å². The van der Waals surface area contributed by atoms with Gasteiger partial charge in [0.1, 0.15) is 5.75 Å². The molecule has 2 aromatic rings. The van der Waals surface area contributed by atoms with Crippen LogP contribution < -0.4 is 10.5 Å². The number of halogens is 3. The highest BCUT2D eigenvalue weighted by Crippen LogP contribution is 2.40. The molecule has 1 aromatic heterocycles. The standard InChI is InChI=1S/C12H12F3N3O/c1-18-11(10(16)6-17-18)8-4-3-7(19-2)5-9(8)12(13,14)15/h3-6H,16H2,1-2H3. The molecule has 19 heavy (non-hydrogen) atoms. The fraction of sp³-hybridized carbons (Fsp3) is 0.250. The van der Waals surface area contributed by atoms with Crippen molar-refractivity contribution in [1.82, 2.24) is 9.78 Å². The van der Waals surface area contributed by atoms with Gasteiger partial charge in [0.2, 0.25) is 0 Å². The molecular weight excluding hydrogens is 259 g/mol. The summed E-state index contributed by atoms with van der Waals surface area (Å²) in [6.45, 7) is 0. The number of nitrogens with two attached hydrogens (primary N) is 1. The van der Waals surface area contributed by atoms with Crippen LogP contribution in [0.1, 0.15) is 5.56 Å². The van der Waals surface area contributed by atoms with E-state index in [1.807, 2.05) is 0 Å². The molecule has 0 unspecified atom stereocenters. The predicted molar refractivity (Wildman–Crippen MR) is 64.6 cm³/mol. The van der Waals surface area contributed by atoms with E-state index in [4.69, 9.17) is 10.5 Å². The molecule has 0 aliphatic heterocycles. The lowest BCUT2D eigenvalue weighted by atomic mass is 10.0. The topological polar surface area (TPSA) is 53.1 Å². The minimum Gasteiger partial charge on any atom is -0.497 e. The number of aromatic nitrogens is 2. The Labute approximate surface area is 107 Å². The van der Waals surface area contributed by atoms with Gasteiger partial charge in [-0.25, -0.2) is 0 Å². The maximum Gasteiger partial charge on any atom is 0.417 e. The first-order valence-corrected chi connectivity index (χ1v) is 5.37. The monoisotopic (exact) mass is 271 g/mol. The second-order valence-electron chi connectivity index (χ2n) is 3.98. The minimum absolute atomic E-state index is 0.0224. The number of benzene rings is 1. The Hall–Kier alpha value is -2.18. The smallest absolute Gasteiger partial charge is 0.417 e. The summed E-state index contributed by atoms with van der Waals surface area (Å²) in [5, 5.41) is 3.85. The molecule has 1 heterocycles. The van der Waals surface area contributed by atoms with Crippen LogP contribution >= 0.6 is 0 Å². The van der Waals surface area contributed by atoms with Crippen molar-refractivity contribution in [2.75, 3.05) is 12.8 Å². The summed E-state index contributed by atoms with van der Waals surface area (Å²) in [4.78, 5) is 0. The molecule has 0 atom stereocenters. The molecule has 0 spiro atoms. The van der Waals surface area contributed by atoms with Crippen LogP contribution in [0.3, 0.4) is 0 Å². The first-order valence-electron chi connectivity index (χ1n) is 5.37. The van der Waals surface area contributed by atoms with Gasteiger partial charge in [0.15, 0.2) is 0 Å². The SMILES string of the molecule is COc1ccc(-c2c(N)cnn2C)c(C(F)(F)F)c1. The summed E-state index contributed by atoms with van der Waals surface area (Å²) in [6, 6.07) is 3.73. The van der Waals surface area contributed by atoms with Crippen molar-refractivity contribution in [2.24, 2.45) is 7.05 Å². The van der Waals surface area contributed by atoms with Crippen molar-refractivity contribution in [2.45, 2.75) is 6.18 Å². The van der Waals surface area contributed by atoms with Gasteiger partial charge in [-0.15, -0.1) is 0 Å². The molecule has 0 saturated carbocycles. The fourth-order valence-electron chi connectivity index (χ4n) is 1.88. The maximum atomic E-state index is 13.1. The molecule has 0 saturated heterocycles. The molecule has 2 rings (SSSR count). The lowest BCUT2D eigenvalue weighted by Gasteiger charge is -2.15. The van der Waals surface area contributed by atoms with Gasteiger partial charge in [0.25, 0.3) is 0 Å². The summed E-state index contributed by atoms with van der Waals surface area (Å²) < 4.78 is 45.4. The van der Waals surface area contributed by atoms with Crippen LogP contribution in [0.2, 0.25) is 0 Å². The summed E-state index contributed by atoms with van der Waals surface area (Å²) in [5.74, 6) is 0.136. The van der Waals surface area contributed by atoms with E-state index in [9.17, 15) is 13.2 Å². The molecular formula is C12H12F3N3O. The number of hydrogen-bond acceptors (Lipinski definition) is 3. The number of nitrogen functional groups attached to an aromatic ring is 1. The van der Waals surface area contributed by atoms with Crippen molar-refractivity contribution in [3.05, 3.63) is 30.0 Å². The van der Waals surface area contributed by atoms with Crippen LogP contribution in [0, 0.1) is 0 Å². The Kier molecular flexibility index (Phi) is 3.13. The molecule has 1 aromatic carbocycles. The number of aryl methyl sites for hydroxylation is 1. The first kappa shape index (κ1) is 13.3. The van der Waals surface area contributed by atoms with Gasteiger partial charge < -0.3 is 10.5 Å². The van der Waals surface area contributed by atoms with Crippen LogP contribution in [0.25, 0.3) is 11.3 Å². The highest BCUT2D eigenvalue weighted by Gasteiger charge is 2.35. The zero-order valence-electron chi connectivity index (χ0n) is 10.3. The lowest BCUT2D eigenvalue weighted by molar-refractivity contribution is -0.137. The third-order valence-electron chi connectivity index (χ3n) is 2.75. The predicted octanol–water partition coefficient (Wildman–Crippen LogP) is 2.70. The van der Waals surface area contributed by atoms with Crippen LogP contribution in [-0.4, -0.2) is 16.9 Å². The number of methoxy groups -OCH3 is 1. The van der Waals surface area contributed by atoms with E-state index in [1.165, 1.54) is 37.2 Å². The van der Waals surface area contributed by atoms with Crippen molar-refractivity contribution in [3.63, 3.8) is 0 Å². The molecule has 0 fully saturated rings. The van der Waals surface area contributed by atoms with E-state index in [1.54, 1.807) is 0 Å². The quantitative estimate of drug-likeness (QED) is 0.913. The number of alkyl halides is 3. The zero-order chi connectivity index (χ0) is 14.2. The minimum atomic E-state index is -4.50. The molecule has 0 aliphatic rings. The molecule has 0 amide bonds. The van der Waals surface area contributed by atoms with Crippen LogP contribution in [-0.2, 0) is 13.2 Å². The zero-order valence-corrected chi connectivity index (χ0v) is 10.3. The van der Waals surface area contributed by atoms with Gasteiger partial charge in [-0.1, -0.05) is 0 Å². The highest BCUT2D eigenvalue weighted by molar-refractivity contribution is 5.76. The second kappa shape index (κ2) is 4.49. The third kappa shape index (κ3) is 2.35. The van der Waals surface area contributed by atoms with E-state index in [-0.39, 0.29) is 22.7 Å². The molecule has 4 nitrogen and oxygen atoms in total. The normalized spacial score (nSPS) is 11.6. The Morgan fingerprint density at radius 2 is 2.00 bits per heavy atom. The largest absolute Gasteiger partial charge is 0.497 e. The third-order valence-corrected chi connectivity index (χ3v) is 2.75. The number of anilines is 1. The molecule has 7 heteroatoms. The van der Waals surface area contributed by atoms with Crippen LogP contribution in [0.4, 0.5) is 18.9 Å². The van der Waals surface area contributed by atoms with Crippen LogP contribution in [0.15, 0.2) is 24.4 Å². The molecule has 102 valence electrons. The van der Waals surface area contributed by atoms with Gasteiger partial charge in [-0.2, -0.15) is 18.3 Å². The van der Waals surface area contributed by atoms with Gasteiger partial charge in [-0.3, -0.25) is 4.68 Å². The fourth-order valence-corrected chi connectivity index (χ4v) is 1.88. The van der Waals surface area contributed by atoms with E-state index < -0.39 is 11.7 Å². The number of ether oxygens (including phenoxy) is 1. The van der Waals surface area contributed by atoms with Gasteiger partial charge in [0.05, 0.1) is 30.3 Å². The Morgan fingerprint density at radius 1 is 1.32 bits per heavy atom. The van der Waals surface area contributed by atoms with E-state index in [2.05, 4.69) is 5.10 Å². The first-order chi connectivity index (χ1) is 8.84. The highest BCUT2D eigenvalue weighted by atomic mass is 19.4.